The predicted octanol–water partition coefficient (Wildman–Crippen LogP) is 1.71. The van der Waals surface area contributed by atoms with Crippen molar-refractivity contribution in [3.63, 3.8) is 0 Å². The van der Waals surface area contributed by atoms with Crippen LogP contribution in [0.25, 0.3) is 0 Å². The van der Waals surface area contributed by atoms with Crippen molar-refractivity contribution in [2.24, 2.45) is 0 Å². The quantitative estimate of drug-likeness (QED) is 0.554. The lowest BCUT2D eigenvalue weighted by Crippen LogP contribution is -2.25. The molecule has 0 radical (unpaired) electrons. The van der Waals surface area contributed by atoms with Crippen molar-refractivity contribution < 1.29 is 22.7 Å². The number of carbonyl (C=O) groups is 1. The van der Waals surface area contributed by atoms with Crippen LogP contribution in [-0.2, 0) is 19.6 Å². The van der Waals surface area contributed by atoms with Crippen molar-refractivity contribution >= 4 is 16.0 Å². The maximum Gasteiger partial charge on any atom is 0.305 e. The summed E-state index contributed by atoms with van der Waals surface area (Å²) in [4.78, 5) is 11.3. The molecule has 0 aliphatic carbocycles. The molecule has 0 bridgehead atoms. The minimum atomic E-state index is -3.56. The first-order valence-electron chi connectivity index (χ1n) is 6.87. The summed E-state index contributed by atoms with van der Waals surface area (Å²) < 4.78 is 36.5. The average molecular weight is 315 g/mol. The highest BCUT2D eigenvalue weighted by atomic mass is 32.2. The number of nitrogens with one attached hydrogen (secondary N) is 1. The maximum atomic E-state index is 12.0. The Morgan fingerprint density at radius 3 is 2.38 bits per heavy atom. The second kappa shape index (κ2) is 8.63. The Balaban J connectivity index is 2.47. The van der Waals surface area contributed by atoms with E-state index in [1.54, 1.807) is 19.1 Å². The molecule has 0 heterocycles. The third-order valence-electron chi connectivity index (χ3n) is 2.60. The summed E-state index contributed by atoms with van der Waals surface area (Å²) in [6.07, 6.45) is 0.592. The largest absolute Gasteiger partial charge is 0.494 e. The minimum absolute atomic E-state index is 0.169. The third-order valence-corrected chi connectivity index (χ3v) is 4.08. The molecule has 118 valence electrons. The number of sulfonamides is 1. The van der Waals surface area contributed by atoms with Gasteiger partial charge in [-0.15, -0.1) is 0 Å². The fourth-order valence-electron chi connectivity index (χ4n) is 1.64. The van der Waals surface area contributed by atoms with E-state index in [1.165, 1.54) is 12.1 Å². The fraction of sp³-hybridized carbons (Fsp3) is 0.500. The Morgan fingerprint density at radius 2 is 1.81 bits per heavy atom. The monoisotopic (exact) mass is 315 g/mol. The summed E-state index contributed by atoms with van der Waals surface area (Å²) in [5.41, 5.74) is 0. The molecule has 1 aromatic rings. The molecule has 0 amide bonds. The van der Waals surface area contributed by atoms with E-state index in [0.717, 1.165) is 0 Å². The zero-order valence-corrected chi connectivity index (χ0v) is 13.1. The SMILES string of the molecule is CCOC(=O)CCCNS(=O)(=O)c1ccc(OCC)cc1. The molecule has 0 atom stereocenters. The number of benzene rings is 1. The standard InChI is InChI=1S/C14H21NO5S/c1-3-19-12-7-9-13(10-8-12)21(17,18)15-11-5-6-14(16)20-4-2/h7-10,15H,3-6,11H2,1-2H3. The number of ether oxygens (including phenoxy) is 2. The Morgan fingerprint density at radius 1 is 1.14 bits per heavy atom. The van der Waals surface area contributed by atoms with Gasteiger partial charge in [-0.3, -0.25) is 4.79 Å². The summed E-state index contributed by atoms with van der Waals surface area (Å²) in [6, 6.07) is 6.19. The molecule has 0 fully saturated rings. The highest BCUT2D eigenvalue weighted by Gasteiger charge is 2.13. The van der Waals surface area contributed by atoms with Crippen LogP contribution < -0.4 is 9.46 Å². The van der Waals surface area contributed by atoms with Crippen LogP contribution in [0, 0.1) is 0 Å². The fourth-order valence-corrected chi connectivity index (χ4v) is 2.71. The second-order valence-corrected chi connectivity index (χ2v) is 5.98. The van der Waals surface area contributed by atoms with Crippen LogP contribution in [0.5, 0.6) is 5.75 Å². The molecular weight excluding hydrogens is 294 g/mol. The third kappa shape index (κ3) is 6.14. The van der Waals surface area contributed by atoms with Gasteiger partial charge in [0.2, 0.25) is 10.0 Å². The van der Waals surface area contributed by atoms with Gasteiger partial charge in [0.05, 0.1) is 18.1 Å². The molecule has 1 aromatic carbocycles. The topological polar surface area (TPSA) is 81.7 Å². The van der Waals surface area contributed by atoms with Crippen LogP contribution in [0.3, 0.4) is 0 Å². The van der Waals surface area contributed by atoms with Gasteiger partial charge in [-0.25, -0.2) is 13.1 Å². The molecule has 0 aliphatic rings. The highest BCUT2D eigenvalue weighted by molar-refractivity contribution is 7.89. The molecule has 6 nitrogen and oxygen atoms in total. The molecule has 0 unspecified atom stereocenters. The Kier molecular flexibility index (Phi) is 7.18. The van der Waals surface area contributed by atoms with Gasteiger partial charge in [-0.05, 0) is 44.5 Å². The molecule has 0 saturated carbocycles. The Bertz CT molecular complexity index is 539. The van der Waals surface area contributed by atoms with Gasteiger partial charge in [0, 0.05) is 13.0 Å². The molecule has 0 aliphatic heterocycles. The van der Waals surface area contributed by atoms with Crippen molar-refractivity contribution in [1.29, 1.82) is 0 Å². The van der Waals surface area contributed by atoms with Gasteiger partial charge in [-0.2, -0.15) is 0 Å². The van der Waals surface area contributed by atoms with Gasteiger partial charge in [0.25, 0.3) is 0 Å². The molecule has 1 N–H and O–H groups in total. The van der Waals surface area contributed by atoms with E-state index in [9.17, 15) is 13.2 Å². The summed E-state index contributed by atoms with van der Waals surface area (Å²) in [6.45, 7) is 4.63. The zero-order chi connectivity index (χ0) is 15.7. The number of rotatable bonds is 9. The van der Waals surface area contributed by atoms with E-state index < -0.39 is 10.0 Å². The van der Waals surface area contributed by atoms with Gasteiger partial charge >= 0.3 is 5.97 Å². The Hall–Kier alpha value is -1.60. The first-order valence-corrected chi connectivity index (χ1v) is 8.36. The van der Waals surface area contributed by atoms with Crippen molar-refractivity contribution in [3.8, 4) is 5.75 Å². The van der Waals surface area contributed by atoms with Gasteiger partial charge in [-0.1, -0.05) is 0 Å². The highest BCUT2D eigenvalue weighted by Crippen LogP contribution is 2.15. The van der Waals surface area contributed by atoms with Gasteiger partial charge in [0.15, 0.2) is 0 Å². The summed E-state index contributed by atoms with van der Waals surface area (Å²) in [5.74, 6) is 0.302. The number of hydrogen-bond donors (Lipinski definition) is 1. The number of esters is 1. The molecule has 0 saturated heterocycles. The average Bonchev–Trinajstić information content (AvgIpc) is 2.45. The van der Waals surface area contributed by atoms with Crippen LogP contribution in [0.1, 0.15) is 26.7 Å². The van der Waals surface area contributed by atoms with Crippen LogP contribution in [0.2, 0.25) is 0 Å². The van der Waals surface area contributed by atoms with E-state index in [-0.39, 0.29) is 23.8 Å². The number of carbonyl (C=O) groups excluding carboxylic acids is 1. The first-order chi connectivity index (χ1) is 9.99. The first kappa shape index (κ1) is 17.5. The Labute approximate surface area is 125 Å². The predicted molar refractivity (Wildman–Crippen MR) is 78.7 cm³/mol. The lowest BCUT2D eigenvalue weighted by Gasteiger charge is -2.08. The smallest absolute Gasteiger partial charge is 0.305 e. The summed E-state index contributed by atoms with van der Waals surface area (Å²) in [7, 11) is -3.56. The van der Waals surface area contributed by atoms with Crippen LogP contribution in [0.15, 0.2) is 29.2 Å². The number of hydrogen-bond acceptors (Lipinski definition) is 5. The van der Waals surface area contributed by atoms with Crippen LogP contribution >= 0.6 is 0 Å². The zero-order valence-electron chi connectivity index (χ0n) is 12.3. The van der Waals surface area contributed by atoms with Crippen molar-refractivity contribution in [1.82, 2.24) is 4.72 Å². The molecule has 1 rings (SSSR count). The van der Waals surface area contributed by atoms with Crippen LogP contribution in [0.4, 0.5) is 0 Å². The lowest BCUT2D eigenvalue weighted by atomic mass is 10.3. The van der Waals surface area contributed by atoms with Crippen molar-refractivity contribution in [2.75, 3.05) is 19.8 Å². The molecule has 0 spiro atoms. The van der Waals surface area contributed by atoms with E-state index >= 15 is 0 Å². The van der Waals surface area contributed by atoms with Crippen molar-refractivity contribution in [3.05, 3.63) is 24.3 Å². The normalized spacial score (nSPS) is 11.1. The molecule has 7 heteroatoms. The molecular formula is C14H21NO5S. The summed E-state index contributed by atoms with van der Waals surface area (Å²) in [5, 5.41) is 0. The van der Waals surface area contributed by atoms with Gasteiger partial charge in [0.1, 0.15) is 5.75 Å². The van der Waals surface area contributed by atoms with E-state index in [0.29, 0.717) is 25.4 Å². The second-order valence-electron chi connectivity index (χ2n) is 4.21. The van der Waals surface area contributed by atoms with Crippen LogP contribution in [-0.4, -0.2) is 34.1 Å². The minimum Gasteiger partial charge on any atom is -0.494 e. The summed E-state index contributed by atoms with van der Waals surface area (Å²) >= 11 is 0. The molecule has 0 aromatic heterocycles. The van der Waals surface area contributed by atoms with Gasteiger partial charge < -0.3 is 9.47 Å². The van der Waals surface area contributed by atoms with E-state index in [2.05, 4.69) is 4.72 Å². The maximum absolute atomic E-state index is 12.0. The van der Waals surface area contributed by atoms with E-state index in [4.69, 9.17) is 9.47 Å². The lowest BCUT2D eigenvalue weighted by molar-refractivity contribution is -0.143. The molecule has 21 heavy (non-hydrogen) atoms. The van der Waals surface area contributed by atoms with Crippen molar-refractivity contribution in [2.45, 2.75) is 31.6 Å². The van der Waals surface area contributed by atoms with E-state index in [1.807, 2.05) is 6.92 Å².